The van der Waals surface area contributed by atoms with E-state index in [1.165, 1.54) is 0 Å². The molecule has 148 valence electrons. The first-order valence-electron chi connectivity index (χ1n) is 9.67. The number of hydrogen-bond donors (Lipinski definition) is 1. The Kier molecular flexibility index (Phi) is 3.89. The van der Waals surface area contributed by atoms with Crippen LogP contribution in [0.4, 0.5) is 5.95 Å². The highest BCUT2D eigenvalue weighted by Gasteiger charge is 2.41. The number of para-hydroxylation sites is 1. The Balaban J connectivity index is 1.61. The van der Waals surface area contributed by atoms with Gasteiger partial charge in [0.05, 0.1) is 12.8 Å². The van der Waals surface area contributed by atoms with Gasteiger partial charge in [-0.1, -0.05) is 30.3 Å². The van der Waals surface area contributed by atoms with Crippen molar-refractivity contribution < 1.29 is 9.47 Å². The number of fused-ring (bicyclic) bond motifs is 3. The number of nitrogens with one attached hydrogen (secondary N) is 1. The lowest BCUT2D eigenvalue weighted by Crippen LogP contribution is -2.32. The van der Waals surface area contributed by atoms with E-state index in [4.69, 9.17) is 9.47 Å². The first kappa shape index (κ1) is 17.3. The molecule has 0 fully saturated rings. The van der Waals surface area contributed by atoms with Crippen LogP contribution in [0.5, 0.6) is 11.5 Å². The molecule has 2 aliphatic heterocycles. The summed E-state index contributed by atoms with van der Waals surface area (Å²) in [4.78, 5) is 5.62. The predicted molar refractivity (Wildman–Crippen MR) is 116 cm³/mol. The lowest BCUT2D eigenvalue weighted by molar-refractivity contribution is 0.226. The summed E-state index contributed by atoms with van der Waals surface area (Å²) in [5.41, 5.74) is 4.30. The molecule has 7 heteroatoms. The standard InChI is InChI=1S/C23H18N4O2S/c1-28-15-10-8-14(9-11-15)21-19-20(26-23-24-13-25-27(21)23)16-5-2-3-6-17(16)29-22(19)18-7-4-12-30-18/h2-13,21-22H,1H3,(H,24,25,26)/t21-,22-/m1/s1. The number of rotatable bonds is 3. The molecular weight excluding hydrogens is 396 g/mol. The third kappa shape index (κ3) is 2.55. The SMILES string of the molecule is COc1ccc([C@@H]2C3=C(Nc4ncnn42)c2ccccc2O[C@@H]3c2cccs2)cc1. The van der Waals surface area contributed by atoms with E-state index in [1.807, 2.05) is 35.0 Å². The molecular formula is C23H18N4O2S. The van der Waals surface area contributed by atoms with E-state index in [-0.39, 0.29) is 12.1 Å². The fourth-order valence-corrected chi connectivity index (χ4v) is 4.97. The molecule has 2 aromatic heterocycles. The molecule has 0 aliphatic carbocycles. The van der Waals surface area contributed by atoms with Gasteiger partial charge in [0.2, 0.25) is 5.95 Å². The van der Waals surface area contributed by atoms with Crippen LogP contribution in [-0.4, -0.2) is 21.9 Å². The van der Waals surface area contributed by atoms with Crippen LogP contribution >= 0.6 is 11.3 Å². The Morgan fingerprint density at radius 3 is 2.73 bits per heavy atom. The van der Waals surface area contributed by atoms with E-state index in [2.05, 4.69) is 51.1 Å². The number of thiophene rings is 1. The normalized spacial score (nSPS) is 19.2. The smallest absolute Gasteiger partial charge is 0.226 e. The molecule has 0 radical (unpaired) electrons. The molecule has 0 unspecified atom stereocenters. The second kappa shape index (κ2) is 6.74. The van der Waals surface area contributed by atoms with E-state index in [0.29, 0.717) is 0 Å². The van der Waals surface area contributed by atoms with Gasteiger partial charge in [-0.3, -0.25) is 0 Å². The van der Waals surface area contributed by atoms with Crippen LogP contribution < -0.4 is 14.8 Å². The molecule has 0 bridgehead atoms. The Labute approximate surface area is 177 Å². The molecule has 6 nitrogen and oxygen atoms in total. The summed E-state index contributed by atoms with van der Waals surface area (Å²) < 4.78 is 13.9. The summed E-state index contributed by atoms with van der Waals surface area (Å²) in [5, 5.41) is 10.1. The number of ether oxygens (including phenoxy) is 2. The third-order valence-electron chi connectivity index (χ3n) is 5.55. The van der Waals surface area contributed by atoms with E-state index >= 15 is 0 Å². The Bertz CT molecular complexity index is 1240. The molecule has 0 amide bonds. The lowest BCUT2D eigenvalue weighted by atomic mass is 9.86. The number of anilines is 1. The number of benzene rings is 2. The molecule has 4 heterocycles. The first-order valence-corrected chi connectivity index (χ1v) is 10.6. The van der Waals surface area contributed by atoms with Crippen molar-refractivity contribution in [2.45, 2.75) is 12.1 Å². The molecule has 0 saturated carbocycles. The van der Waals surface area contributed by atoms with Gasteiger partial charge in [-0.15, -0.1) is 11.3 Å². The summed E-state index contributed by atoms with van der Waals surface area (Å²) in [7, 11) is 1.68. The van der Waals surface area contributed by atoms with Gasteiger partial charge in [0.15, 0.2) is 6.10 Å². The van der Waals surface area contributed by atoms with E-state index in [1.54, 1.807) is 24.8 Å². The Morgan fingerprint density at radius 2 is 1.93 bits per heavy atom. The molecule has 2 atom stereocenters. The largest absolute Gasteiger partial charge is 0.497 e. The average Bonchev–Trinajstić information content (AvgIpc) is 3.49. The maximum Gasteiger partial charge on any atom is 0.226 e. The van der Waals surface area contributed by atoms with Crippen LogP contribution in [-0.2, 0) is 0 Å². The predicted octanol–water partition coefficient (Wildman–Crippen LogP) is 4.91. The number of methoxy groups -OCH3 is 1. The highest BCUT2D eigenvalue weighted by Crippen LogP contribution is 2.51. The minimum atomic E-state index is -0.216. The van der Waals surface area contributed by atoms with Crippen molar-refractivity contribution in [2.24, 2.45) is 0 Å². The zero-order chi connectivity index (χ0) is 20.1. The van der Waals surface area contributed by atoms with Crippen molar-refractivity contribution >= 4 is 23.0 Å². The van der Waals surface area contributed by atoms with Crippen molar-refractivity contribution in [3.05, 3.63) is 93.9 Å². The highest BCUT2D eigenvalue weighted by molar-refractivity contribution is 7.10. The van der Waals surface area contributed by atoms with Crippen molar-refractivity contribution in [3.8, 4) is 11.5 Å². The van der Waals surface area contributed by atoms with Crippen molar-refractivity contribution in [3.63, 3.8) is 0 Å². The zero-order valence-corrected chi connectivity index (χ0v) is 17.0. The fraction of sp³-hybridized carbons (Fsp3) is 0.130. The van der Waals surface area contributed by atoms with Crippen LogP contribution in [0.15, 0.2) is 77.9 Å². The Hall–Kier alpha value is -3.58. The summed E-state index contributed by atoms with van der Waals surface area (Å²) in [6.07, 6.45) is 1.37. The van der Waals surface area contributed by atoms with Crippen LogP contribution in [0.1, 0.15) is 28.1 Å². The van der Waals surface area contributed by atoms with Gasteiger partial charge in [-0.25, -0.2) is 4.68 Å². The average molecular weight is 414 g/mol. The molecule has 2 aromatic carbocycles. The minimum absolute atomic E-state index is 0.148. The number of nitrogens with zero attached hydrogens (tertiary/aromatic N) is 3. The highest BCUT2D eigenvalue weighted by atomic mass is 32.1. The second-order valence-electron chi connectivity index (χ2n) is 7.17. The molecule has 2 aliphatic rings. The maximum atomic E-state index is 6.56. The minimum Gasteiger partial charge on any atom is -0.497 e. The number of aromatic nitrogens is 3. The van der Waals surface area contributed by atoms with Gasteiger partial charge in [0, 0.05) is 16.0 Å². The molecule has 30 heavy (non-hydrogen) atoms. The van der Waals surface area contributed by atoms with Crippen molar-refractivity contribution in [2.75, 3.05) is 12.4 Å². The van der Waals surface area contributed by atoms with E-state index in [0.717, 1.165) is 44.7 Å². The quantitative estimate of drug-likeness (QED) is 0.516. The van der Waals surface area contributed by atoms with Crippen LogP contribution in [0.2, 0.25) is 0 Å². The van der Waals surface area contributed by atoms with Gasteiger partial charge in [-0.2, -0.15) is 10.1 Å². The molecule has 1 N–H and O–H groups in total. The summed E-state index contributed by atoms with van der Waals surface area (Å²) >= 11 is 1.69. The van der Waals surface area contributed by atoms with Crippen molar-refractivity contribution in [1.29, 1.82) is 0 Å². The van der Waals surface area contributed by atoms with Gasteiger partial charge < -0.3 is 14.8 Å². The van der Waals surface area contributed by atoms with Gasteiger partial charge >= 0.3 is 0 Å². The first-order chi connectivity index (χ1) is 14.8. The molecule has 4 aromatic rings. The third-order valence-corrected chi connectivity index (χ3v) is 6.47. The number of hydrogen-bond acceptors (Lipinski definition) is 6. The lowest BCUT2D eigenvalue weighted by Gasteiger charge is -2.38. The molecule has 0 saturated heterocycles. The maximum absolute atomic E-state index is 6.56. The summed E-state index contributed by atoms with van der Waals surface area (Å²) in [6, 6.07) is 20.3. The van der Waals surface area contributed by atoms with Crippen LogP contribution in [0.3, 0.4) is 0 Å². The van der Waals surface area contributed by atoms with Gasteiger partial charge in [0.1, 0.15) is 23.9 Å². The van der Waals surface area contributed by atoms with Gasteiger partial charge in [-0.05, 0) is 41.3 Å². The van der Waals surface area contributed by atoms with Crippen LogP contribution in [0.25, 0.3) is 5.70 Å². The topological polar surface area (TPSA) is 61.2 Å². The second-order valence-corrected chi connectivity index (χ2v) is 8.15. The molecule has 6 rings (SSSR count). The van der Waals surface area contributed by atoms with E-state index < -0.39 is 0 Å². The van der Waals surface area contributed by atoms with E-state index in [9.17, 15) is 0 Å². The van der Waals surface area contributed by atoms with Crippen molar-refractivity contribution in [1.82, 2.24) is 14.8 Å². The fourth-order valence-electron chi connectivity index (χ4n) is 4.20. The summed E-state index contributed by atoms with van der Waals surface area (Å²) in [5.74, 6) is 2.40. The Morgan fingerprint density at radius 1 is 1.07 bits per heavy atom. The monoisotopic (exact) mass is 414 g/mol. The van der Waals surface area contributed by atoms with Gasteiger partial charge in [0.25, 0.3) is 0 Å². The van der Waals surface area contributed by atoms with Crippen LogP contribution in [0, 0.1) is 0 Å². The summed E-state index contributed by atoms with van der Waals surface area (Å²) in [6.45, 7) is 0. The zero-order valence-electron chi connectivity index (χ0n) is 16.1. The molecule has 0 spiro atoms.